The van der Waals surface area contributed by atoms with Crippen molar-refractivity contribution in [3.8, 4) is 11.3 Å². The predicted octanol–water partition coefficient (Wildman–Crippen LogP) is 3.49. The number of carbonyl (C=O) groups excluding carboxylic acids is 1. The summed E-state index contributed by atoms with van der Waals surface area (Å²) in [4.78, 5) is 16.3. The summed E-state index contributed by atoms with van der Waals surface area (Å²) in [6.45, 7) is 1.99. The molecule has 5 heteroatoms. The number of fused-ring (bicyclic) bond motifs is 1. The Morgan fingerprint density at radius 3 is 2.67 bits per heavy atom. The number of nitrogens with zero attached hydrogens (tertiary/aromatic N) is 2. The number of aryl methyl sites for hydroxylation is 1. The Bertz CT molecular complexity index is 794. The van der Waals surface area contributed by atoms with Gasteiger partial charge in [-0.25, -0.2) is 9.78 Å². The van der Waals surface area contributed by atoms with Gasteiger partial charge in [-0.3, -0.25) is 9.72 Å². The molecule has 0 aliphatic rings. The third-order valence-electron chi connectivity index (χ3n) is 3.30. The number of hydrogen-bond donors (Lipinski definition) is 1. The summed E-state index contributed by atoms with van der Waals surface area (Å²) >= 11 is 0. The molecule has 0 atom stereocenters. The van der Waals surface area contributed by atoms with Gasteiger partial charge in [0.25, 0.3) is 0 Å². The number of pyridine rings is 1. The van der Waals surface area contributed by atoms with Gasteiger partial charge in [0.1, 0.15) is 17.2 Å². The molecule has 5 nitrogen and oxygen atoms in total. The number of carbonyl (C=O) groups is 1. The molecule has 21 heavy (non-hydrogen) atoms. The van der Waals surface area contributed by atoms with Gasteiger partial charge < -0.3 is 4.74 Å². The molecule has 1 amide bonds. The Labute approximate surface area is 122 Å². The second kappa shape index (κ2) is 5.28. The molecule has 0 fully saturated rings. The van der Waals surface area contributed by atoms with Gasteiger partial charge in [0, 0.05) is 11.8 Å². The zero-order valence-electron chi connectivity index (χ0n) is 11.8. The Kier molecular flexibility index (Phi) is 3.31. The number of aromatic nitrogens is 2. The van der Waals surface area contributed by atoms with E-state index in [2.05, 4.69) is 10.3 Å². The van der Waals surface area contributed by atoms with Crippen LogP contribution in [0.25, 0.3) is 16.9 Å². The SMILES string of the molecule is COC(=O)Nc1c(-c2ccccc2)nc2c(C)cccn12. The van der Waals surface area contributed by atoms with E-state index in [1.807, 2.05) is 60.0 Å². The minimum Gasteiger partial charge on any atom is -0.453 e. The number of hydrogen-bond acceptors (Lipinski definition) is 3. The number of nitrogens with one attached hydrogen (secondary N) is 1. The highest BCUT2D eigenvalue weighted by molar-refractivity contribution is 5.90. The van der Waals surface area contributed by atoms with Crippen molar-refractivity contribution in [3.05, 3.63) is 54.2 Å². The lowest BCUT2D eigenvalue weighted by Crippen LogP contribution is -2.13. The van der Waals surface area contributed by atoms with Crippen LogP contribution in [0.1, 0.15) is 5.56 Å². The summed E-state index contributed by atoms with van der Waals surface area (Å²) in [6, 6.07) is 13.6. The fourth-order valence-electron chi connectivity index (χ4n) is 2.27. The van der Waals surface area contributed by atoms with E-state index in [0.717, 1.165) is 22.5 Å². The Hall–Kier alpha value is -2.82. The number of anilines is 1. The molecule has 0 saturated carbocycles. The van der Waals surface area contributed by atoms with E-state index in [1.54, 1.807) is 0 Å². The maximum Gasteiger partial charge on any atom is 0.412 e. The normalized spacial score (nSPS) is 10.6. The van der Waals surface area contributed by atoms with Gasteiger partial charge in [-0.05, 0) is 18.6 Å². The molecule has 2 aromatic heterocycles. The smallest absolute Gasteiger partial charge is 0.412 e. The van der Waals surface area contributed by atoms with Crippen LogP contribution in [0.2, 0.25) is 0 Å². The van der Waals surface area contributed by atoms with Gasteiger partial charge in [-0.1, -0.05) is 36.4 Å². The van der Waals surface area contributed by atoms with Gasteiger partial charge in [0.15, 0.2) is 0 Å². The molecule has 3 rings (SSSR count). The monoisotopic (exact) mass is 281 g/mol. The molecule has 2 heterocycles. The number of amides is 1. The van der Waals surface area contributed by atoms with E-state index in [0.29, 0.717) is 5.82 Å². The minimum absolute atomic E-state index is 0.518. The molecule has 3 aromatic rings. The van der Waals surface area contributed by atoms with Crippen molar-refractivity contribution in [3.63, 3.8) is 0 Å². The van der Waals surface area contributed by atoms with Gasteiger partial charge >= 0.3 is 6.09 Å². The van der Waals surface area contributed by atoms with Crippen molar-refractivity contribution in [2.45, 2.75) is 6.92 Å². The van der Waals surface area contributed by atoms with E-state index in [9.17, 15) is 4.79 Å². The molecule has 0 saturated heterocycles. The first-order valence-electron chi connectivity index (χ1n) is 6.59. The van der Waals surface area contributed by atoms with Crippen LogP contribution in [0.5, 0.6) is 0 Å². The van der Waals surface area contributed by atoms with Crippen molar-refractivity contribution >= 4 is 17.6 Å². The molecule has 1 N–H and O–H groups in total. The van der Waals surface area contributed by atoms with Crippen LogP contribution in [0.15, 0.2) is 48.7 Å². The third-order valence-corrected chi connectivity index (χ3v) is 3.30. The van der Waals surface area contributed by atoms with Gasteiger partial charge in [-0.15, -0.1) is 0 Å². The Balaban J connectivity index is 2.25. The second-order valence-corrected chi connectivity index (χ2v) is 4.68. The Morgan fingerprint density at radius 2 is 1.95 bits per heavy atom. The maximum absolute atomic E-state index is 11.6. The van der Waals surface area contributed by atoms with Gasteiger partial charge in [0.05, 0.1) is 7.11 Å². The number of ether oxygens (including phenoxy) is 1. The highest BCUT2D eigenvalue weighted by atomic mass is 16.5. The molecule has 0 spiro atoms. The lowest BCUT2D eigenvalue weighted by atomic mass is 10.1. The van der Waals surface area contributed by atoms with E-state index in [-0.39, 0.29) is 0 Å². The standard InChI is InChI=1S/C16H15N3O2/c1-11-7-6-10-19-14(11)17-13(12-8-4-3-5-9-12)15(19)18-16(20)21-2/h3-10H,1-2H3,(H,18,20). The van der Waals surface area contributed by atoms with Crippen LogP contribution in [-0.2, 0) is 4.74 Å². The van der Waals surface area contributed by atoms with Crippen molar-refractivity contribution < 1.29 is 9.53 Å². The first kappa shape index (κ1) is 13.2. The highest BCUT2D eigenvalue weighted by Crippen LogP contribution is 2.29. The molecule has 0 aliphatic carbocycles. The zero-order chi connectivity index (χ0) is 14.8. The molecule has 0 bridgehead atoms. The van der Waals surface area contributed by atoms with Crippen molar-refractivity contribution in [1.82, 2.24) is 9.38 Å². The summed E-state index contributed by atoms with van der Waals surface area (Å²) in [7, 11) is 1.34. The zero-order valence-corrected chi connectivity index (χ0v) is 11.8. The van der Waals surface area contributed by atoms with Crippen LogP contribution in [0.4, 0.5) is 10.6 Å². The quantitative estimate of drug-likeness (QED) is 0.782. The van der Waals surface area contributed by atoms with Crippen molar-refractivity contribution in [2.75, 3.05) is 12.4 Å². The molecular weight excluding hydrogens is 266 g/mol. The average Bonchev–Trinajstić information content (AvgIpc) is 2.88. The number of benzene rings is 1. The van der Waals surface area contributed by atoms with Gasteiger partial charge in [-0.2, -0.15) is 0 Å². The number of imidazole rings is 1. The highest BCUT2D eigenvalue weighted by Gasteiger charge is 2.17. The van der Waals surface area contributed by atoms with Crippen molar-refractivity contribution in [1.29, 1.82) is 0 Å². The van der Waals surface area contributed by atoms with Crippen molar-refractivity contribution in [2.24, 2.45) is 0 Å². The Morgan fingerprint density at radius 1 is 1.19 bits per heavy atom. The molecule has 106 valence electrons. The summed E-state index contributed by atoms with van der Waals surface area (Å²) in [5.74, 6) is 0.603. The minimum atomic E-state index is -0.518. The predicted molar refractivity (Wildman–Crippen MR) is 81.4 cm³/mol. The first-order valence-corrected chi connectivity index (χ1v) is 6.59. The molecule has 0 radical (unpaired) electrons. The van der Waals surface area contributed by atoms with Crippen LogP contribution < -0.4 is 5.32 Å². The van der Waals surface area contributed by atoms with E-state index < -0.39 is 6.09 Å². The van der Waals surface area contributed by atoms with E-state index in [1.165, 1.54) is 7.11 Å². The van der Waals surface area contributed by atoms with Crippen LogP contribution >= 0.6 is 0 Å². The number of rotatable bonds is 2. The number of methoxy groups -OCH3 is 1. The summed E-state index contributed by atoms with van der Waals surface area (Å²) in [5.41, 5.74) is 3.50. The first-order chi connectivity index (χ1) is 10.2. The average molecular weight is 281 g/mol. The van der Waals surface area contributed by atoms with Crippen LogP contribution in [0.3, 0.4) is 0 Å². The lowest BCUT2D eigenvalue weighted by Gasteiger charge is -2.06. The van der Waals surface area contributed by atoms with Crippen LogP contribution in [-0.4, -0.2) is 22.6 Å². The second-order valence-electron chi connectivity index (χ2n) is 4.68. The maximum atomic E-state index is 11.6. The van der Waals surface area contributed by atoms with E-state index >= 15 is 0 Å². The third kappa shape index (κ3) is 2.33. The van der Waals surface area contributed by atoms with Gasteiger partial charge in [0.2, 0.25) is 0 Å². The fraction of sp³-hybridized carbons (Fsp3) is 0.125. The van der Waals surface area contributed by atoms with Crippen LogP contribution in [0, 0.1) is 6.92 Å². The molecule has 0 aliphatic heterocycles. The topological polar surface area (TPSA) is 55.6 Å². The molecular formula is C16H15N3O2. The van der Waals surface area contributed by atoms with E-state index in [4.69, 9.17) is 4.74 Å². The molecule has 0 unspecified atom stereocenters. The summed E-state index contributed by atoms with van der Waals surface area (Å²) in [6.07, 6.45) is 1.35. The largest absolute Gasteiger partial charge is 0.453 e. The summed E-state index contributed by atoms with van der Waals surface area (Å²) in [5, 5.41) is 2.75. The fourth-order valence-corrected chi connectivity index (χ4v) is 2.27. The summed E-state index contributed by atoms with van der Waals surface area (Å²) < 4.78 is 6.56. The molecule has 1 aromatic carbocycles. The lowest BCUT2D eigenvalue weighted by molar-refractivity contribution is 0.187.